The summed E-state index contributed by atoms with van der Waals surface area (Å²) in [4.78, 5) is 125. The van der Waals surface area contributed by atoms with Crippen molar-refractivity contribution >= 4 is 74.7 Å². The fraction of sp³-hybridized carbons (Fsp3) is 0.528. The second-order valence-corrected chi connectivity index (χ2v) is 28.5. The number of pyridine rings is 1. The van der Waals surface area contributed by atoms with E-state index in [1.54, 1.807) is 61.0 Å². The third-order valence-corrected chi connectivity index (χ3v) is 20.7. The number of nitrogens with zero attached hydrogens (tertiary/aromatic N) is 8. The number of imidazole rings is 1. The van der Waals surface area contributed by atoms with E-state index in [0.717, 1.165) is 66.1 Å². The van der Waals surface area contributed by atoms with E-state index in [1.165, 1.54) is 36.1 Å². The Bertz CT molecular complexity index is 4210. The average Bonchev–Trinajstić information content (AvgIpc) is 1.56. The van der Waals surface area contributed by atoms with Crippen LogP contribution in [0.2, 0.25) is 0 Å². The lowest BCUT2D eigenvalue weighted by Crippen LogP contribution is -2.59. The Morgan fingerprint density at radius 2 is 1.57 bits per heavy atom. The highest BCUT2D eigenvalue weighted by molar-refractivity contribution is 6.15. The fourth-order valence-electron chi connectivity index (χ4n) is 15.5. The van der Waals surface area contributed by atoms with E-state index in [4.69, 9.17) is 14.5 Å². The van der Waals surface area contributed by atoms with Crippen molar-refractivity contribution in [3.63, 3.8) is 0 Å². The highest BCUT2D eigenvalue weighted by Gasteiger charge is 2.46. The number of aromatic nitrogens is 6. The number of aryl methyl sites for hydroxylation is 2. The zero-order valence-electron chi connectivity index (χ0n) is 56.5. The number of aromatic amines is 1. The zero-order valence-corrected chi connectivity index (χ0v) is 56.5. The van der Waals surface area contributed by atoms with Crippen LogP contribution in [0.4, 0.5) is 14.0 Å². The van der Waals surface area contributed by atoms with Crippen LogP contribution in [0.5, 0.6) is 0 Å². The Morgan fingerprint density at radius 1 is 0.823 bits per heavy atom. The van der Waals surface area contributed by atoms with Crippen LogP contribution in [0.15, 0.2) is 77.9 Å². The smallest absolute Gasteiger partial charge is 0.410 e. The first kappa shape index (κ1) is 66.9. The van der Waals surface area contributed by atoms with Crippen molar-refractivity contribution in [3.05, 3.63) is 106 Å². The normalized spacial score (nSPS) is 20.9. The largest absolute Gasteiger partial charge is 0.453 e. The van der Waals surface area contributed by atoms with Gasteiger partial charge in [-0.3, -0.25) is 42.7 Å². The van der Waals surface area contributed by atoms with E-state index in [2.05, 4.69) is 51.3 Å². The summed E-state index contributed by atoms with van der Waals surface area (Å²) in [7, 11) is 4.51. The number of fused-ring (bicyclic) bond motifs is 5. The molecule has 0 unspecified atom stereocenters. The van der Waals surface area contributed by atoms with Crippen molar-refractivity contribution in [2.75, 3.05) is 33.8 Å². The summed E-state index contributed by atoms with van der Waals surface area (Å²) in [5.74, 6) is -3.09. The Morgan fingerprint density at radius 3 is 2.30 bits per heavy atom. The maximum atomic E-state index is 16.9. The first-order valence-corrected chi connectivity index (χ1v) is 34.2. The molecule has 2 aliphatic heterocycles. The molecule has 23 nitrogen and oxygen atoms in total. The number of piperidine rings is 1. The minimum atomic E-state index is -0.994. The monoisotopic (exact) mass is 1320 g/mol. The third kappa shape index (κ3) is 13.6. The molecule has 2 saturated carbocycles. The second-order valence-electron chi connectivity index (χ2n) is 28.5. The molecule has 3 aliphatic carbocycles. The molecule has 24 heteroatoms. The van der Waals surface area contributed by atoms with E-state index < -0.39 is 65.5 Å². The van der Waals surface area contributed by atoms with Crippen LogP contribution < -0.4 is 27.0 Å². The van der Waals surface area contributed by atoms with Gasteiger partial charge >= 0.3 is 17.9 Å². The molecule has 4 fully saturated rings. The molecule has 0 radical (unpaired) electrons. The van der Waals surface area contributed by atoms with Crippen LogP contribution in [-0.2, 0) is 42.1 Å². The van der Waals surface area contributed by atoms with Gasteiger partial charge in [-0.25, -0.2) is 23.8 Å². The molecule has 2 saturated heterocycles. The predicted molar refractivity (Wildman–Crippen MR) is 361 cm³/mol. The first-order chi connectivity index (χ1) is 45.9. The SMILES string of the molecule is COC(=O)N[C@@H]1CC[C@@H](n2c(=O)n(C)c3cnc4[nH]c(-c5ccc(C(=O)N6CCC(CC(=O)N[C@H]7C[C@@H](C(=O)N[C@@H]8CCCc9ccccc98)N(C(=O)[C@@H](NC(=O)[C@H](C)N(C)C(=O)OC(C)(C)C)C8CCCCC8)C7)CC6)c(F)c5)c(-c5ccc6c(cnn6C(C)C)c5)c4c32)C1. The predicted octanol–water partition coefficient (Wildman–Crippen LogP) is 9.91. The Balaban J connectivity index is 0.752. The van der Waals surface area contributed by atoms with Crippen LogP contribution >= 0.6 is 0 Å². The molecule has 7 amide bonds. The molecule has 5 N–H and O–H groups in total. The Hall–Kier alpha value is -9.09. The second kappa shape index (κ2) is 27.6. The molecule has 0 bridgehead atoms. The number of carbonyl (C=O) groups excluding carboxylic acids is 7. The van der Waals surface area contributed by atoms with Gasteiger partial charge in [0.05, 0.1) is 58.7 Å². The van der Waals surface area contributed by atoms with Crippen molar-refractivity contribution in [2.45, 2.75) is 192 Å². The van der Waals surface area contributed by atoms with Gasteiger partial charge in [0.2, 0.25) is 23.6 Å². The van der Waals surface area contributed by atoms with Crippen molar-refractivity contribution in [1.29, 1.82) is 0 Å². The lowest BCUT2D eigenvalue weighted by molar-refractivity contribution is -0.143. The molecule has 510 valence electrons. The molecule has 7 aromatic rings. The molecule has 96 heavy (non-hydrogen) atoms. The number of nitrogens with one attached hydrogen (secondary N) is 5. The number of ether oxygens (including phenoxy) is 2. The Kier molecular flexibility index (Phi) is 19.2. The molecule has 7 atom stereocenters. The number of benzene rings is 3. The number of H-pyrrole nitrogens is 1. The Labute approximate surface area is 557 Å². The average molecular weight is 1320 g/mol. The summed E-state index contributed by atoms with van der Waals surface area (Å²) in [5.41, 5.74) is 6.12. The van der Waals surface area contributed by atoms with Crippen molar-refractivity contribution in [2.24, 2.45) is 18.9 Å². The summed E-state index contributed by atoms with van der Waals surface area (Å²) in [6.45, 7) is 11.5. The summed E-state index contributed by atoms with van der Waals surface area (Å²) in [5, 5.41) is 18.6. The van der Waals surface area contributed by atoms with E-state index >= 15 is 9.18 Å². The minimum Gasteiger partial charge on any atom is -0.453 e. The van der Waals surface area contributed by atoms with Gasteiger partial charge < -0.3 is 45.5 Å². The number of likely N-dealkylation sites (tertiary alicyclic amines) is 2. The minimum absolute atomic E-state index is 0.0334. The summed E-state index contributed by atoms with van der Waals surface area (Å²) < 4.78 is 32.7. The third-order valence-electron chi connectivity index (χ3n) is 20.7. The van der Waals surface area contributed by atoms with Gasteiger partial charge in [0.25, 0.3) is 5.91 Å². The van der Waals surface area contributed by atoms with Crippen LogP contribution in [-0.4, -0.2) is 155 Å². The topological polar surface area (TPSA) is 269 Å². The molecule has 6 heterocycles. The van der Waals surface area contributed by atoms with Gasteiger partial charge in [-0.05, 0) is 165 Å². The van der Waals surface area contributed by atoms with Crippen LogP contribution in [0.3, 0.4) is 0 Å². The zero-order chi connectivity index (χ0) is 68.0. The lowest BCUT2D eigenvalue weighted by atomic mass is 9.83. The number of hydrogen-bond donors (Lipinski definition) is 5. The number of rotatable bonds is 16. The van der Waals surface area contributed by atoms with Crippen molar-refractivity contribution in [1.82, 2.24) is 64.8 Å². The van der Waals surface area contributed by atoms with Gasteiger partial charge in [-0.2, -0.15) is 5.10 Å². The number of hydrogen-bond acceptors (Lipinski definition) is 12. The quantitative estimate of drug-likeness (QED) is 0.0605. The molecule has 5 aliphatic rings. The molecule has 4 aromatic heterocycles. The van der Waals surface area contributed by atoms with E-state index in [-0.39, 0.29) is 91.5 Å². The number of methoxy groups -OCH3 is 1. The van der Waals surface area contributed by atoms with Crippen molar-refractivity contribution < 1.29 is 47.4 Å². The first-order valence-electron chi connectivity index (χ1n) is 34.2. The molecule has 3 aromatic carbocycles. The molecular formula is C72H90FN13O10. The van der Waals surface area contributed by atoms with E-state index in [0.29, 0.717) is 83.8 Å². The van der Waals surface area contributed by atoms with Gasteiger partial charge in [-0.1, -0.05) is 55.7 Å². The van der Waals surface area contributed by atoms with E-state index in [1.807, 2.05) is 47.3 Å². The molecule has 12 rings (SSSR count). The number of amides is 7. The number of halogens is 1. The molecule has 0 spiro atoms. The van der Waals surface area contributed by atoms with Crippen molar-refractivity contribution in [3.8, 4) is 22.4 Å². The maximum Gasteiger partial charge on any atom is 0.410 e. The van der Waals surface area contributed by atoms with E-state index in [9.17, 15) is 33.6 Å². The van der Waals surface area contributed by atoms with Gasteiger partial charge in [0, 0.05) is 80.8 Å². The van der Waals surface area contributed by atoms with Crippen LogP contribution in [0.1, 0.15) is 171 Å². The number of likely N-dealkylation sites (N-methyl/N-ethyl adjacent to an activating group) is 1. The standard InChI is InChI=1S/C72H90FN13O10/c1-40(2)86-55-27-23-45(33-47(55)37-75-86)59-60-63-57(82(8)70(93)85(63)50-25-24-48(35-50)77-69(92)95-9)38-74-64(60)79-61(59)46-22-26-52(53(73)34-46)67(90)83-30-28-42(29-31-83)32-58(87)76-49-36-56(66(89)78-54-21-15-19-43-16-13-14-20-51(43)54)84(39-49)68(91)62(44-17-11-10-12-18-44)80-65(88)41(3)81(7)71(94)96-72(4,5)6/h13-14,16,20,22-23,26-27,33-34,37-38,40-42,44,48-50,54,56,62H,10-12,15,17-19,21,24-25,28-32,35-36,39H2,1-9H3,(H,74,79)(H,76,87)(H,77,92)(H,78,89)(H,80,88)/t41-,48+,49-,50+,54+,56-,62-/m0/s1. The maximum absolute atomic E-state index is 16.9. The summed E-state index contributed by atoms with van der Waals surface area (Å²) in [6.07, 6.45) is 11.8. The van der Waals surface area contributed by atoms with Gasteiger partial charge in [0.1, 0.15) is 35.2 Å². The molecular weight excluding hydrogens is 1230 g/mol. The van der Waals surface area contributed by atoms with Gasteiger partial charge in [0.15, 0.2) is 0 Å². The van der Waals surface area contributed by atoms with Gasteiger partial charge in [-0.15, -0.1) is 0 Å². The highest BCUT2D eigenvalue weighted by Crippen LogP contribution is 2.44. The fourth-order valence-corrected chi connectivity index (χ4v) is 15.5. The van der Waals surface area contributed by atoms with Crippen LogP contribution in [0.25, 0.3) is 55.4 Å². The number of alkyl carbamates (subject to hydrolysis) is 1. The summed E-state index contributed by atoms with van der Waals surface area (Å²) >= 11 is 0. The number of carbonyl (C=O) groups is 7. The summed E-state index contributed by atoms with van der Waals surface area (Å²) in [6, 6.07) is 14.4. The lowest BCUT2D eigenvalue weighted by Gasteiger charge is -2.36. The highest BCUT2D eigenvalue weighted by atomic mass is 19.1. The van der Waals surface area contributed by atoms with Crippen LogP contribution in [0, 0.1) is 17.7 Å².